The number of benzene rings is 1. The average Bonchev–Trinajstić information content (AvgIpc) is 2.55. The van der Waals surface area contributed by atoms with E-state index in [-0.39, 0.29) is 29.1 Å². The maximum absolute atomic E-state index is 13.7. The second-order valence-corrected chi connectivity index (χ2v) is 5.44. The molecule has 2 aromatic rings. The van der Waals surface area contributed by atoms with Crippen molar-refractivity contribution in [3.8, 4) is 6.07 Å². The van der Waals surface area contributed by atoms with Crippen molar-refractivity contribution >= 4 is 17.4 Å². The average molecular weight is 350 g/mol. The molecule has 0 unspecified atom stereocenters. The normalized spacial score (nSPS) is 10.4. The van der Waals surface area contributed by atoms with Crippen molar-refractivity contribution in [3.63, 3.8) is 0 Å². The van der Waals surface area contributed by atoms with Crippen molar-refractivity contribution in [1.82, 2.24) is 9.13 Å². The summed E-state index contributed by atoms with van der Waals surface area (Å²) in [6, 6.07) is 5.71. The van der Waals surface area contributed by atoms with E-state index in [0.29, 0.717) is 4.57 Å². The Bertz CT molecular complexity index is 936. The Morgan fingerprint density at radius 2 is 2.08 bits per heavy atom. The molecule has 1 aromatic heterocycles. The molecule has 0 aliphatic carbocycles. The van der Waals surface area contributed by atoms with Crippen LogP contribution in [-0.2, 0) is 24.3 Å². The zero-order chi connectivity index (χ0) is 17.9. The van der Waals surface area contributed by atoms with Crippen LogP contribution in [0.3, 0.4) is 0 Å². The summed E-state index contributed by atoms with van der Waals surface area (Å²) in [5, 5.41) is 9.06. The van der Waals surface area contributed by atoms with Gasteiger partial charge in [-0.1, -0.05) is 17.7 Å². The van der Waals surface area contributed by atoms with Crippen molar-refractivity contribution in [2.75, 3.05) is 0 Å². The first-order valence-corrected chi connectivity index (χ1v) is 7.45. The maximum Gasteiger partial charge on any atom is 0.331 e. The third kappa shape index (κ3) is 3.44. The quantitative estimate of drug-likeness (QED) is 0.818. The highest BCUT2D eigenvalue weighted by molar-refractivity contribution is 6.31. The number of nitrogens with zero attached hydrogens (tertiary/aromatic N) is 3. The fourth-order valence-electron chi connectivity index (χ4n) is 2.23. The third-order valence-corrected chi connectivity index (χ3v) is 3.82. The lowest BCUT2D eigenvalue weighted by Gasteiger charge is -2.09. The highest BCUT2D eigenvalue weighted by Crippen LogP contribution is 2.19. The van der Waals surface area contributed by atoms with Gasteiger partial charge in [0.1, 0.15) is 17.4 Å². The fraction of sp³-hybridized carbons (Fsp3) is 0.250. The molecular weight excluding hydrogens is 337 g/mol. The summed E-state index contributed by atoms with van der Waals surface area (Å²) in [5.41, 5.74) is -1.78. The minimum absolute atomic E-state index is 0.00414. The SMILES string of the molecule is CCn1cc(C#N)c(=O)n(CC(=O)Cc2c(F)cccc2Cl)c1=O. The summed E-state index contributed by atoms with van der Waals surface area (Å²) in [6.45, 7) is 1.34. The Kier molecular flexibility index (Phi) is 5.31. The number of nitriles is 1. The molecular formula is C16H13ClFN3O3. The van der Waals surface area contributed by atoms with E-state index in [0.717, 1.165) is 10.8 Å². The highest BCUT2D eigenvalue weighted by Gasteiger charge is 2.16. The number of carbonyl (C=O) groups excluding carboxylic acids is 1. The number of halogens is 2. The van der Waals surface area contributed by atoms with Gasteiger partial charge in [-0.05, 0) is 19.1 Å². The smallest absolute Gasteiger partial charge is 0.299 e. The molecule has 0 fully saturated rings. The van der Waals surface area contributed by atoms with E-state index in [1.54, 1.807) is 13.0 Å². The molecule has 2 rings (SSSR count). The predicted octanol–water partition coefficient (Wildman–Crippen LogP) is 1.51. The summed E-state index contributed by atoms with van der Waals surface area (Å²) in [7, 11) is 0. The molecule has 124 valence electrons. The molecule has 0 spiro atoms. The van der Waals surface area contributed by atoms with Crippen LogP contribution in [0.25, 0.3) is 0 Å². The molecule has 0 aliphatic heterocycles. The van der Waals surface area contributed by atoms with Crippen molar-refractivity contribution in [3.05, 3.63) is 67.2 Å². The summed E-state index contributed by atoms with van der Waals surface area (Å²) in [5.74, 6) is -1.21. The fourth-order valence-corrected chi connectivity index (χ4v) is 2.46. The molecule has 0 bridgehead atoms. The number of aryl methyl sites for hydroxylation is 1. The molecule has 0 radical (unpaired) electrons. The molecule has 6 nitrogen and oxygen atoms in total. The van der Waals surface area contributed by atoms with Crippen molar-refractivity contribution in [2.45, 2.75) is 26.4 Å². The number of hydrogen-bond acceptors (Lipinski definition) is 4. The summed E-state index contributed by atoms with van der Waals surface area (Å²) >= 11 is 5.86. The molecule has 24 heavy (non-hydrogen) atoms. The Morgan fingerprint density at radius 3 is 2.67 bits per heavy atom. The molecule has 1 heterocycles. The van der Waals surface area contributed by atoms with Gasteiger partial charge in [-0.2, -0.15) is 5.26 Å². The van der Waals surface area contributed by atoms with Crippen LogP contribution in [0.4, 0.5) is 4.39 Å². The number of Topliss-reactive ketones (excluding diaryl/α,β-unsaturated/α-hetero) is 1. The van der Waals surface area contributed by atoms with Gasteiger partial charge < -0.3 is 0 Å². The lowest BCUT2D eigenvalue weighted by Crippen LogP contribution is -2.42. The number of hydrogen-bond donors (Lipinski definition) is 0. The van der Waals surface area contributed by atoms with E-state index in [1.165, 1.54) is 18.2 Å². The standard InChI is InChI=1S/C16H13ClFN3O3/c1-2-20-8-10(7-19)15(23)21(16(20)24)9-11(22)6-12-13(17)4-3-5-14(12)18/h3-5,8H,2,6,9H2,1H3. The molecule has 0 aliphatic rings. The van der Waals surface area contributed by atoms with Gasteiger partial charge in [0.25, 0.3) is 5.56 Å². The zero-order valence-electron chi connectivity index (χ0n) is 12.8. The number of ketones is 1. The van der Waals surface area contributed by atoms with Gasteiger partial charge in [0.05, 0.1) is 6.54 Å². The topological polar surface area (TPSA) is 84.9 Å². The van der Waals surface area contributed by atoms with Crippen molar-refractivity contribution in [1.29, 1.82) is 5.26 Å². The molecule has 0 saturated carbocycles. The number of rotatable bonds is 5. The van der Waals surface area contributed by atoms with E-state index < -0.39 is 29.4 Å². The van der Waals surface area contributed by atoms with Gasteiger partial charge in [0.2, 0.25) is 0 Å². The van der Waals surface area contributed by atoms with Gasteiger partial charge >= 0.3 is 5.69 Å². The van der Waals surface area contributed by atoms with Crippen LogP contribution in [0.1, 0.15) is 18.1 Å². The van der Waals surface area contributed by atoms with E-state index in [9.17, 15) is 18.8 Å². The zero-order valence-corrected chi connectivity index (χ0v) is 13.5. The van der Waals surface area contributed by atoms with Crippen LogP contribution in [0.15, 0.2) is 34.0 Å². The minimum Gasteiger partial charge on any atom is -0.299 e. The van der Waals surface area contributed by atoms with E-state index in [4.69, 9.17) is 16.9 Å². The molecule has 0 atom stereocenters. The summed E-state index contributed by atoms with van der Waals surface area (Å²) in [4.78, 5) is 36.4. The van der Waals surface area contributed by atoms with Gasteiger partial charge in [0.15, 0.2) is 5.78 Å². The molecule has 0 amide bonds. The van der Waals surface area contributed by atoms with Crippen LogP contribution in [0, 0.1) is 17.1 Å². The summed E-state index contributed by atoms with van der Waals surface area (Å²) < 4.78 is 15.6. The second-order valence-electron chi connectivity index (χ2n) is 5.03. The predicted molar refractivity (Wildman–Crippen MR) is 85.5 cm³/mol. The lowest BCUT2D eigenvalue weighted by atomic mass is 10.1. The number of carbonyl (C=O) groups is 1. The van der Waals surface area contributed by atoms with Crippen LogP contribution in [-0.4, -0.2) is 14.9 Å². The maximum atomic E-state index is 13.7. The van der Waals surface area contributed by atoms with Crippen LogP contribution in [0.2, 0.25) is 5.02 Å². The Labute approximate surface area is 141 Å². The van der Waals surface area contributed by atoms with Gasteiger partial charge in [-0.3, -0.25) is 18.7 Å². The van der Waals surface area contributed by atoms with Gasteiger partial charge in [0, 0.05) is 29.7 Å². The molecule has 0 saturated heterocycles. The first kappa shape index (κ1) is 17.6. The molecule has 1 aromatic carbocycles. The lowest BCUT2D eigenvalue weighted by molar-refractivity contribution is -0.119. The first-order valence-electron chi connectivity index (χ1n) is 7.08. The van der Waals surface area contributed by atoms with Gasteiger partial charge in [-0.25, -0.2) is 9.18 Å². The monoisotopic (exact) mass is 349 g/mol. The van der Waals surface area contributed by atoms with E-state index >= 15 is 0 Å². The highest BCUT2D eigenvalue weighted by atomic mass is 35.5. The molecule has 0 N–H and O–H groups in total. The van der Waals surface area contributed by atoms with E-state index in [2.05, 4.69) is 0 Å². The summed E-state index contributed by atoms with van der Waals surface area (Å²) in [6.07, 6.45) is 0.791. The third-order valence-electron chi connectivity index (χ3n) is 3.47. The minimum atomic E-state index is -0.847. The van der Waals surface area contributed by atoms with Crippen LogP contribution in [0.5, 0.6) is 0 Å². The van der Waals surface area contributed by atoms with E-state index in [1.807, 2.05) is 0 Å². The van der Waals surface area contributed by atoms with Crippen LogP contribution < -0.4 is 11.2 Å². The van der Waals surface area contributed by atoms with Crippen molar-refractivity contribution < 1.29 is 9.18 Å². The van der Waals surface area contributed by atoms with Gasteiger partial charge in [-0.15, -0.1) is 0 Å². The molecule has 8 heteroatoms. The Balaban J connectivity index is 2.38. The number of aromatic nitrogens is 2. The van der Waals surface area contributed by atoms with Crippen LogP contribution >= 0.6 is 11.6 Å². The largest absolute Gasteiger partial charge is 0.331 e. The Morgan fingerprint density at radius 1 is 1.38 bits per heavy atom. The Hall–Kier alpha value is -2.72. The second kappa shape index (κ2) is 7.23. The van der Waals surface area contributed by atoms with Crippen molar-refractivity contribution in [2.24, 2.45) is 0 Å². The first-order chi connectivity index (χ1) is 11.4.